The van der Waals surface area contributed by atoms with Gasteiger partial charge in [0.2, 0.25) is 11.8 Å². The number of fused-ring (bicyclic) bond motifs is 1. The van der Waals surface area contributed by atoms with Crippen molar-refractivity contribution >= 4 is 40.6 Å². The van der Waals surface area contributed by atoms with Crippen molar-refractivity contribution in [1.82, 2.24) is 19.5 Å². The third kappa shape index (κ3) is 10.7. The number of nitrogens with one attached hydrogen (secondary N) is 1. The van der Waals surface area contributed by atoms with Crippen molar-refractivity contribution in [3.8, 4) is 0 Å². The number of ether oxygens (including phenoxy) is 1. The molecule has 1 aliphatic rings. The normalized spacial score (nSPS) is 24.8. The summed E-state index contributed by atoms with van der Waals surface area (Å²) in [6, 6.07) is 0. The molecule has 6 N–H and O–H groups in total. The fraction of sp³-hybridized carbons (Fsp3) is 0.500. The predicted octanol–water partition coefficient (Wildman–Crippen LogP) is -16.7. The standard InChI is InChI=1S/C10H17N6O13P3.4Na/c11-9-14-7-6(8(18)15-9)13-3-16(7)10(12)1-4(17)5(27-10)2-26-31(22,23)29-32(24,25)28-30(19,20)21;;;;/h3-5,17H,1-2,12H2,(H,22,23)(H,24,25)(H2,19,20,21)(H3,11,14,15,18);;;;/q;4*+1/p-4/t4-,5+,10-;;;;/m0..../s1. The molecule has 180 valence electrons. The first kappa shape index (κ1) is 40.6. The molecule has 2 aromatic rings. The maximum absolute atomic E-state index is 11.9. The molecular formula is C10H13N6Na4O13P3. The second-order valence-electron chi connectivity index (χ2n) is 6.31. The summed E-state index contributed by atoms with van der Waals surface area (Å²) in [4.78, 5) is 65.2. The quantitative estimate of drug-likeness (QED) is 0.159. The Hall–Kier alpha value is 2.44. The van der Waals surface area contributed by atoms with Gasteiger partial charge in [-0.1, -0.05) is 0 Å². The molecule has 0 aromatic carbocycles. The van der Waals surface area contributed by atoms with Gasteiger partial charge in [-0.25, -0.2) is 9.29 Å². The van der Waals surface area contributed by atoms with E-state index in [9.17, 15) is 43.2 Å². The molecule has 0 amide bonds. The van der Waals surface area contributed by atoms with Gasteiger partial charge in [0.15, 0.2) is 11.2 Å². The Labute approximate surface area is 290 Å². The minimum atomic E-state index is -6.15. The molecule has 0 radical (unpaired) electrons. The number of aromatic amines is 1. The molecule has 0 spiro atoms. The number of H-pyrrole nitrogens is 1. The Morgan fingerprint density at radius 3 is 2.31 bits per heavy atom. The minimum absolute atomic E-state index is 0. The minimum Gasteiger partial charge on any atom is -0.790 e. The van der Waals surface area contributed by atoms with Gasteiger partial charge in [0, 0.05) is 6.42 Å². The number of aliphatic hydroxyl groups is 1. The maximum atomic E-state index is 11.9. The number of nitrogens with two attached hydrogens (primary N) is 2. The average molecular weight is 610 g/mol. The monoisotopic (exact) mass is 610 g/mol. The van der Waals surface area contributed by atoms with E-state index in [1.807, 2.05) is 0 Å². The summed E-state index contributed by atoms with van der Waals surface area (Å²) < 4.78 is 50.2. The average Bonchev–Trinajstić information content (AvgIpc) is 3.11. The number of phosphoric acid groups is 3. The maximum Gasteiger partial charge on any atom is 1.00 e. The van der Waals surface area contributed by atoms with Crippen LogP contribution in [0.5, 0.6) is 0 Å². The van der Waals surface area contributed by atoms with Crippen LogP contribution in [0.15, 0.2) is 11.1 Å². The van der Waals surface area contributed by atoms with Gasteiger partial charge in [-0.15, -0.1) is 0 Å². The Morgan fingerprint density at radius 1 is 1.17 bits per heavy atom. The number of anilines is 1. The molecule has 1 saturated heterocycles. The Morgan fingerprint density at radius 2 is 1.75 bits per heavy atom. The second-order valence-corrected chi connectivity index (χ2v) is 10.6. The molecule has 1 fully saturated rings. The second kappa shape index (κ2) is 15.1. The molecule has 3 rings (SSSR count). The van der Waals surface area contributed by atoms with Gasteiger partial charge in [0.25, 0.3) is 21.2 Å². The van der Waals surface area contributed by atoms with Crippen LogP contribution in [-0.4, -0.2) is 43.4 Å². The van der Waals surface area contributed by atoms with Gasteiger partial charge >= 0.3 is 118 Å². The number of phosphoric ester groups is 1. The first-order chi connectivity index (χ1) is 14.5. The topological polar surface area (TPSA) is 316 Å². The van der Waals surface area contributed by atoms with Gasteiger partial charge in [-0.3, -0.25) is 33.5 Å². The van der Waals surface area contributed by atoms with Gasteiger partial charge in [-0.05, 0) is 0 Å². The van der Waals surface area contributed by atoms with Crippen LogP contribution in [0.25, 0.3) is 11.2 Å². The zero-order valence-corrected chi connectivity index (χ0v) is 30.0. The first-order valence-electron chi connectivity index (χ1n) is 8.10. The van der Waals surface area contributed by atoms with E-state index in [0.29, 0.717) is 0 Å². The number of aliphatic hydroxyl groups excluding tert-OH is 1. The van der Waals surface area contributed by atoms with E-state index >= 15 is 0 Å². The molecule has 0 saturated carbocycles. The number of imidazole rings is 1. The largest absolute Gasteiger partial charge is 1.00 e. The van der Waals surface area contributed by atoms with Crippen molar-refractivity contribution < 1.29 is 174 Å². The molecule has 0 bridgehead atoms. The summed E-state index contributed by atoms with van der Waals surface area (Å²) >= 11 is 0. The van der Waals surface area contributed by atoms with Crippen LogP contribution in [-0.2, 0) is 37.4 Å². The molecule has 36 heavy (non-hydrogen) atoms. The summed E-state index contributed by atoms with van der Waals surface area (Å²) in [6.07, 6.45) is -2.33. The van der Waals surface area contributed by atoms with Crippen molar-refractivity contribution in [3.05, 3.63) is 16.7 Å². The Balaban J connectivity index is 0. The van der Waals surface area contributed by atoms with E-state index in [2.05, 4.69) is 28.1 Å². The molecule has 2 aromatic heterocycles. The van der Waals surface area contributed by atoms with Crippen LogP contribution in [0.2, 0.25) is 0 Å². The SMILES string of the molecule is Nc1nc2c(ncn2[C@@]2(N)C[C@H](O)[C@@H](COP(=O)([O-])OP(=O)([O-])OP(=O)([O-])[O-])O2)c(=O)[nH]1.[Na+].[Na+].[Na+].[Na+]. The van der Waals surface area contributed by atoms with Gasteiger partial charge in [0.1, 0.15) is 12.4 Å². The molecule has 5 atom stereocenters. The molecule has 19 nitrogen and oxygen atoms in total. The van der Waals surface area contributed by atoms with Crippen LogP contribution in [0.1, 0.15) is 6.42 Å². The zero-order chi connectivity index (χ0) is 24.1. The molecule has 26 heteroatoms. The summed E-state index contributed by atoms with van der Waals surface area (Å²) in [7, 11) is -18.1. The van der Waals surface area contributed by atoms with Crippen LogP contribution < -0.4 is 155 Å². The van der Waals surface area contributed by atoms with Crippen molar-refractivity contribution in [1.29, 1.82) is 0 Å². The third-order valence-electron chi connectivity index (χ3n) is 3.92. The number of nitrogen functional groups attached to an aromatic ring is 1. The van der Waals surface area contributed by atoms with Gasteiger partial charge in [-0.2, -0.15) is 4.98 Å². The fourth-order valence-electron chi connectivity index (χ4n) is 2.77. The van der Waals surface area contributed by atoms with E-state index in [1.54, 1.807) is 0 Å². The molecule has 3 heterocycles. The number of nitrogens with zero attached hydrogens (tertiary/aromatic N) is 3. The predicted molar refractivity (Wildman–Crippen MR) is 91.2 cm³/mol. The van der Waals surface area contributed by atoms with Gasteiger partial charge < -0.3 is 44.2 Å². The number of hydrogen-bond acceptors (Lipinski definition) is 17. The van der Waals surface area contributed by atoms with Crippen LogP contribution in [0, 0.1) is 0 Å². The van der Waals surface area contributed by atoms with Crippen molar-refractivity contribution in [2.45, 2.75) is 24.5 Å². The smallest absolute Gasteiger partial charge is 0.790 e. The summed E-state index contributed by atoms with van der Waals surface area (Å²) in [5, 5.41) is 10.2. The Kier molecular flexibility index (Phi) is 17.0. The van der Waals surface area contributed by atoms with Gasteiger partial charge in [0.05, 0.1) is 20.5 Å². The summed E-state index contributed by atoms with van der Waals surface area (Å²) in [5.41, 5.74) is 10.6. The van der Waals surface area contributed by atoms with Crippen LogP contribution in [0.4, 0.5) is 5.95 Å². The third-order valence-corrected chi connectivity index (χ3v) is 7.58. The number of hydrogen-bond donors (Lipinski definition) is 4. The van der Waals surface area contributed by atoms with Crippen molar-refractivity contribution in [2.24, 2.45) is 5.73 Å². The fourth-order valence-corrected chi connectivity index (χ4v) is 5.64. The summed E-state index contributed by atoms with van der Waals surface area (Å²) in [5.74, 6) is -2.20. The van der Waals surface area contributed by atoms with E-state index < -0.39 is 60.1 Å². The molecule has 1 aliphatic heterocycles. The molecular weight excluding hydrogens is 597 g/mol. The van der Waals surface area contributed by atoms with E-state index in [0.717, 1.165) is 10.9 Å². The van der Waals surface area contributed by atoms with Crippen molar-refractivity contribution in [3.63, 3.8) is 0 Å². The molecule has 2 unspecified atom stereocenters. The molecule has 0 aliphatic carbocycles. The Bertz CT molecular complexity index is 1240. The first-order valence-corrected chi connectivity index (χ1v) is 12.5. The zero-order valence-electron chi connectivity index (χ0n) is 19.3. The van der Waals surface area contributed by atoms with Crippen LogP contribution >= 0.6 is 23.5 Å². The van der Waals surface area contributed by atoms with Crippen molar-refractivity contribution in [2.75, 3.05) is 12.3 Å². The van der Waals surface area contributed by atoms with E-state index in [-0.39, 0.29) is 135 Å². The number of aromatic nitrogens is 4. The van der Waals surface area contributed by atoms with E-state index in [4.69, 9.17) is 16.2 Å². The van der Waals surface area contributed by atoms with E-state index in [1.165, 1.54) is 0 Å². The summed E-state index contributed by atoms with van der Waals surface area (Å²) in [6.45, 7) is -1.06. The number of rotatable bonds is 8. The van der Waals surface area contributed by atoms with Crippen LogP contribution in [0.3, 0.4) is 0 Å².